The van der Waals surface area contributed by atoms with E-state index in [9.17, 15) is 22.4 Å². The molecule has 0 unspecified atom stereocenters. The Hall–Kier alpha value is -2.12. The van der Waals surface area contributed by atoms with Crippen LogP contribution in [0.3, 0.4) is 0 Å². The predicted molar refractivity (Wildman–Crippen MR) is 79.7 cm³/mol. The third-order valence-corrected chi connectivity index (χ3v) is 4.44. The van der Waals surface area contributed by atoms with Crippen LogP contribution in [0, 0.1) is 11.6 Å². The van der Waals surface area contributed by atoms with Crippen LogP contribution in [0.5, 0.6) is 0 Å². The van der Waals surface area contributed by atoms with Gasteiger partial charge in [0.05, 0.1) is 17.4 Å². The van der Waals surface area contributed by atoms with Crippen molar-refractivity contribution in [2.75, 3.05) is 0 Å². The van der Waals surface area contributed by atoms with Crippen molar-refractivity contribution in [1.82, 2.24) is 14.9 Å². The topological polar surface area (TPSA) is 46.9 Å². The smallest absolute Gasteiger partial charge is 0.321 e. The molecular weight excluding hydrogens is 326 g/mol. The summed E-state index contributed by atoms with van der Waals surface area (Å²) < 4.78 is 54.3. The highest BCUT2D eigenvalue weighted by molar-refractivity contribution is 5.83. The largest absolute Gasteiger partial charge is 0.348 e. The molecule has 1 aromatic heterocycles. The molecule has 0 atom stereocenters. The van der Waals surface area contributed by atoms with Crippen molar-refractivity contribution in [2.24, 2.45) is 0 Å². The van der Waals surface area contributed by atoms with Crippen LogP contribution in [0.2, 0.25) is 0 Å². The van der Waals surface area contributed by atoms with E-state index in [4.69, 9.17) is 0 Å². The highest BCUT2D eigenvalue weighted by Gasteiger charge is 2.34. The number of imidazole rings is 1. The molecule has 8 heteroatoms. The Morgan fingerprint density at radius 2 is 1.83 bits per heavy atom. The first kappa shape index (κ1) is 16.7. The second kappa shape index (κ2) is 6.07. The van der Waals surface area contributed by atoms with Gasteiger partial charge in [-0.25, -0.2) is 13.8 Å². The number of nitrogens with zero attached hydrogens (tertiary/aromatic N) is 2. The van der Waals surface area contributed by atoms with Crippen molar-refractivity contribution >= 4 is 16.9 Å². The number of aromatic nitrogens is 2. The summed E-state index contributed by atoms with van der Waals surface area (Å²) in [4.78, 5) is 15.4. The van der Waals surface area contributed by atoms with E-state index in [2.05, 4.69) is 10.3 Å². The number of amides is 1. The molecule has 1 fully saturated rings. The van der Waals surface area contributed by atoms with E-state index >= 15 is 0 Å². The molecular formula is C16H17F4N3O. The van der Waals surface area contributed by atoms with Gasteiger partial charge in [0.15, 0.2) is 11.6 Å². The summed E-state index contributed by atoms with van der Waals surface area (Å²) in [6, 6.07) is 1.87. The number of alkyl halides is 2. The van der Waals surface area contributed by atoms with Gasteiger partial charge in [-0.15, -0.1) is 0 Å². The fourth-order valence-electron chi connectivity index (χ4n) is 3.12. The van der Waals surface area contributed by atoms with E-state index in [-0.39, 0.29) is 12.1 Å². The van der Waals surface area contributed by atoms with Gasteiger partial charge in [0.25, 0.3) is 5.91 Å². The lowest BCUT2D eigenvalue weighted by Crippen LogP contribution is -2.45. The molecule has 2 aromatic rings. The highest BCUT2D eigenvalue weighted by atomic mass is 19.3. The summed E-state index contributed by atoms with van der Waals surface area (Å²) in [5.41, 5.74) is 0.872. The molecule has 0 bridgehead atoms. The minimum atomic E-state index is -3.39. The molecule has 0 saturated heterocycles. The standard InChI is InChI=1S/C16H17F4N3O/c1-16(19,20)15(24)22-9-2-4-10(5-3-9)23-8-21-13-6-11(17)12(18)7-14(13)23/h6-10H,2-5H2,1H3,(H,22,24). The molecule has 0 spiro atoms. The molecule has 24 heavy (non-hydrogen) atoms. The minimum Gasteiger partial charge on any atom is -0.348 e. The Labute approximate surface area is 135 Å². The first-order valence-corrected chi connectivity index (χ1v) is 7.76. The highest BCUT2D eigenvalue weighted by Crippen LogP contribution is 2.32. The third-order valence-electron chi connectivity index (χ3n) is 4.44. The number of carbonyl (C=O) groups is 1. The second-order valence-corrected chi connectivity index (χ2v) is 6.27. The van der Waals surface area contributed by atoms with Crippen molar-refractivity contribution in [2.45, 2.75) is 50.6 Å². The molecule has 3 rings (SSSR count). The van der Waals surface area contributed by atoms with Crippen molar-refractivity contribution in [1.29, 1.82) is 0 Å². The average molecular weight is 343 g/mol. The lowest BCUT2D eigenvalue weighted by molar-refractivity contribution is -0.144. The third kappa shape index (κ3) is 3.22. The van der Waals surface area contributed by atoms with E-state index in [1.165, 1.54) is 6.33 Å². The quantitative estimate of drug-likeness (QED) is 0.866. The lowest BCUT2D eigenvalue weighted by Gasteiger charge is -2.30. The zero-order valence-corrected chi connectivity index (χ0v) is 13.0. The zero-order valence-electron chi connectivity index (χ0n) is 13.0. The predicted octanol–water partition coefficient (Wildman–Crippen LogP) is 3.57. The number of halogens is 4. The van der Waals surface area contributed by atoms with Crippen LogP contribution in [-0.4, -0.2) is 27.4 Å². The number of hydrogen-bond donors (Lipinski definition) is 1. The molecule has 1 N–H and O–H groups in total. The van der Waals surface area contributed by atoms with Crippen LogP contribution in [0.4, 0.5) is 17.6 Å². The van der Waals surface area contributed by atoms with Crippen LogP contribution < -0.4 is 5.32 Å². The van der Waals surface area contributed by atoms with Crippen LogP contribution in [0.1, 0.15) is 38.6 Å². The molecule has 1 saturated carbocycles. The van der Waals surface area contributed by atoms with Gasteiger partial charge in [0, 0.05) is 31.1 Å². The summed E-state index contributed by atoms with van der Waals surface area (Å²) in [6.07, 6.45) is 3.87. The van der Waals surface area contributed by atoms with E-state index in [1.807, 2.05) is 0 Å². The van der Waals surface area contributed by atoms with Gasteiger partial charge in [-0.1, -0.05) is 0 Å². The monoisotopic (exact) mass is 343 g/mol. The first-order chi connectivity index (χ1) is 11.3. The number of rotatable bonds is 3. The number of carbonyl (C=O) groups excluding carboxylic acids is 1. The van der Waals surface area contributed by atoms with Gasteiger partial charge in [-0.05, 0) is 25.7 Å². The first-order valence-electron chi connectivity index (χ1n) is 7.76. The van der Waals surface area contributed by atoms with E-state index < -0.39 is 23.5 Å². The van der Waals surface area contributed by atoms with Gasteiger partial charge in [0.1, 0.15) is 0 Å². The van der Waals surface area contributed by atoms with Crippen molar-refractivity contribution < 1.29 is 22.4 Å². The number of hydrogen-bond acceptors (Lipinski definition) is 2. The van der Waals surface area contributed by atoms with Gasteiger partial charge in [-0.2, -0.15) is 8.78 Å². The number of benzene rings is 1. The maximum Gasteiger partial charge on any atom is 0.321 e. The van der Waals surface area contributed by atoms with Gasteiger partial charge in [-0.3, -0.25) is 4.79 Å². The second-order valence-electron chi connectivity index (χ2n) is 6.27. The van der Waals surface area contributed by atoms with Crippen LogP contribution in [-0.2, 0) is 4.79 Å². The summed E-state index contributed by atoms with van der Waals surface area (Å²) >= 11 is 0. The van der Waals surface area contributed by atoms with Crippen molar-refractivity contribution in [3.8, 4) is 0 Å². The van der Waals surface area contributed by atoms with Crippen LogP contribution >= 0.6 is 0 Å². The Morgan fingerprint density at radius 1 is 1.21 bits per heavy atom. The van der Waals surface area contributed by atoms with E-state index in [1.54, 1.807) is 4.57 Å². The SMILES string of the molecule is CC(F)(F)C(=O)NC1CCC(n2cnc3cc(F)c(F)cc32)CC1. The summed E-state index contributed by atoms with van der Waals surface area (Å²) in [5, 5.41) is 2.35. The fourth-order valence-corrected chi connectivity index (χ4v) is 3.12. The summed E-state index contributed by atoms with van der Waals surface area (Å²) in [6.45, 7) is 0.569. The Balaban J connectivity index is 1.69. The zero-order chi connectivity index (χ0) is 17.5. The van der Waals surface area contributed by atoms with Crippen molar-refractivity contribution in [3.63, 3.8) is 0 Å². The van der Waals surface area contributed by atoms with Gasteiger partial charge >= 0.3 is 5.92 Å². The maximum absolute atomic E-state index is 13.5. The minimum absolute atomic E-state index is 0.00940. The van der Waals surface area contributed by atoms with Crippen LogP contribution in [0.15, 0.2) is 18.5 Å². The summed E-state index contributed by atoms with van der Waals surface area (Å²) in [5.74, 6) is -6.54. The van der Waals surface area contributed by atoms with Gasteiger partial charge < -0.3 is 9.88 Å². The van der Waals surface area contributed by atoms with Crippen molar-refractivity contribution in [3.05, 3.63) is 30.1 Å². The van der Waals surface area contributed by atoms with Gasteiger partial charge in [0.2, 0.25) is 0 Å². The number of fused-ring (bicyclic) bond motifs is 1. The van der Waals surface area contributed by atoms with Crippen LogP contribution in [0.25, 0.3) is 11.0 Å². The molecule has 1 aliphatic rings. The molecule has 0 radical (unpaired) electrons. The Kier molecular flexibility index (Phi) is 4.23. The molecule has 1 amide bonds. The van der Waals surface area contributed by atoms with E-state index in [0.29, 0.717) is 43.6 Å². The molecule has 0 aliphatic heterocycles. The number of nitrogens with one attached hydrogen (secondary N) is 1. The molecule has 1 heterocycles. The Bertz CT molecular complexity index is 761. The molecule has 1 aromatic carbocycles. The Morgan fingerprint density at radius 3 is 2.46 bits per heavy atom. The molecule has 4 nitrogen and oxygen atoms in total. The molecule has 130 valence electrons. The fraction of sp³-hybridized carbons (Fsp3) is 0.500. The lowest BCUT2D eigenvalue weighted by atomic mass is 9.90. The normalized spacial score (nSPS) is 21.9. The summed E-state index contributed by atoms with van der Waals surface area (Å²) in [7, 11) is 0. The average Bonchev–Trinajstić information content (AvgIpc) is 2.90. The van der Waals surface area contributed by atoms with E-state index in [0.717, 1.165) is 12.1 Å². The molecule has 1 aliphatic carbocycles. The maximum atomic E-state index is 13.5.